The van der Waals surface area contributed by atoms with E-state index in [1.54, 1.807) is 0 Å². The van der Waals surface area contributed by atoms with E-state index < -0.39 is 18.0 Å². The number of hydrogen-bond acceptors (Lipinski definition) is 3. The van der Waals surface area contributed by atoms with Gasteiger partial charge < -0.3 is 15.2 Å². The molecule has 5 rings (SSSR count). The second kappa shape index (κ2) is 5.41. The van der Waals surface area contributed by atoms with Crippen LogP contribution in [0, 0.1) is 29.6 Å². The van der Waals surface area contributed by atoms with Crippen LogP contribution in [0.25, 0.3) is 0 Å². The smallest absolute Gasteiger partial charge is 0.407 e. The maximum absolute atomic E-state index is 12.1. The Labute approximate surface area is 134 Å². The Morgan fingerprint density at radius 1 is 1.13 bits per heavy atom. The Morgan fingerprint density at radius 2 is 1.83 bits per heavy atom. The van der Waals surface area contributed by atoms with Crippen molar-refractivity contribution in [2.45, 2.75) is 19.1 Å². The summed E-state index contributed by atoms with van der Waals surface area (Å²) in [5, 5.41) is 12.4. The molecule has 120 valence electrons. The summed E-state index contributed by atoms with van der Waals surface area (Å²) in [4.78, 5) is 23.8. The molecule has 6 atom stereocenters. The number of amides is 1. The third-order valence-electron chi connectivity index (χ3n) is 5.43. The number of carboxylic acid groups (broad SMARTS) is 1. The Hall–Kier alpha value is -2.30. The second-order valence-corrected chi connectivity index (χ2v) is 6.70. The van der Waals surface area contributed by atoms with Crippen LogP contribution in [-0.4, -0.2) is 23.2 Å². The minimum absolute atomic E-state index is 0.0434. The van der Waals surface area contributed by atoms with E-state index in [0.717, 1.165) is 12.0 Å². The lowest BCUT2D eigenvalue weighted by atomic mass is 9.66. The fraction of sp³-hybridized carbons (Fsp3) is 0.444. The number of alkyl carbamates (subject to hydrolysis) is 1. The molecule has 5 nitrogen and oxygen atoms in total. The molecular formula is C18H19NO4. The van der Waals surface area contributed by atoms with E-state index in [2.05, 4.69) is 11.4 Å². The van der Waals surface area contributed by atoms with Crippen molar-refractivity contribution in [1.82, 2.24) is 5.32 Å². The molecule has 0 heterocycles. The number of aliphatic carboxylic acids is 1. The number of rotatable bonds is 4. The van der Waals surface area contributed by atoms with Gasteiger partial charge >= 0.3 is 12.1 Å². The molecule has 0 aromatic heterocycles. The average Bonchev–Trinajstić information content (AvgIpc) is 3.36. The zero-order valence-corrected chi connectivity index (χ0v) is 12.6. The first-order valence-electron chi connectivity index (χ1n) is 8.03. The third kappa shape index (κ3) is 2.50. The van der Waals surface area contributed by atoms with Gasteiger partial charge in [0.1, 0.15) is 6.61 Å². The summed E-state index contributed by atoms with van der Waals surface area (Å²) in [7, 11) is 0. The van der Waals surface area contributed by atoms with Gasteiger partial charge in [-0.2, -0.15) is 0 Å². The molecule has 0 unspecified atom stereocenters. The van der Waals surface area contributed by atoms with E-state index in [4.69, 9.17) is 4.74 Å². The van der Waals surface area contributed by atoms with Crippen molar-refractivity contribution in [3.8, 4) is 0 Å². The molecule has 4 aliphatic carbocycles. The van der Waals surface area contributed by atoms with Gasteiger partial charge in [-0.05, 0) is 29.7 Å². The number of carboxylic acids is 1. The molecule has 0 radical (unpaired) electrons. The lowest BCUT2D eigenvalue weighted by Gasteiger charge is -2.42. The highest BCUT2D eigenvalue weighted by Gasteiger charge is 2.61. The molecule has 1 aromatic carbocycles. The lowest BCUT2D eigenvalue weighted by molar-refractivity contribution is -0.146. The van der Waals surface area contributed by atoms with Gasteiger partial charge in [0.25, 0.3) is 0 Å². The second-order valence-electron chi connectivity index (χ2n) is 6.70. The number of allylic oxidation sites excluding steroid dienone is 1. The standard InChI is InChI=1S/C18H19NO4/c20-17(21)15-11-6-7-12(14-8-13(11)14)16(15)19-18(22)23-9-10-4-2-1-3-5-10/h1-7,11-16H,8-9H2,(H,19,22)(H,20,21)/t11-,12+,13+,14-,15-,16+/m0/s1. The number of carbonyl (C=O) groups excluding carboxylic acids is 1. The molecule has 23 heavy (non-hydrogen) atoms. The number of ether oxygens (including phenoxy) is 1. The number of hydrogen-bond donors (Lipinski definition) is 2. The van der Waals surface area contributed by atoms with E-state index in [-0.39, 0.29) is 24.5 Å². The lowest BCUT2D eigenvalue weighted by Crippen LogP contribution is -2.55. The maximum Gasteiger partial charge on any atom is 0.407 e. The Morgan fingerprint density at radius 3 is 2.57 bits per heavy atom. The Bertz CT molecular complexity index is 656. The predicted molar refractivity (Wildman–Crippen MR) is 82.4 cm³/mol. The van der Waals surface area contributed by atoms with Crippen molar-refractivity contribution in [3.63, 3.8) is 0 Å². The molecule has 2 fully saturated rings. The molecule has 2 saturated carbocycles. The van der Waals surface area contributed by atoms with Gasteiger partial charge in [-0.3, -0.25) is 4.79 Å². The van der Waals surface area contributed by atoms with Crippen LogP contribution in [0.3, 0.4) is 0 Å². The maximum atomic E-state index is 12.1. The largest absolute Gasteiger partial charge is 0.481 e. The number of nitrogens with one attached hydrogen (secondary N) is 1. The van der Waals surface area contributed by atoms with Gasteiger partial charge in [0.15, 0.2) is 0 Å². The summed E-state index contributed by atoms with van der Waals surface area (Å²) >= 11 is 0. The first kappa shape index (κ1) is 14.3. The van der Waals surface area contributed by atoms with Gasteiger partial charge in [-0.25, -0.2) is 4.79 Å². The van der Waals surface area contributed by atoms with Gasteiger partial charge in [-0.15, -0.1) is 0 Å². The fourth-order valence-corrected chi connectivity index (χ4v) is 4.32. The van der Waals surface area contributed by atoms with Crippen molar-refractivity contribution >= 4 is 12.1 Å². The fourth-order valence-electron chi connectivity index (χ4n) is 4.32. The number of fused-ring (bicyclic) bond motifs is 1. The molecule has 1 aromatic rings. The highest BCUT2D eigenvalue weighted by Crippen LogP contribution is 2.61. The van der Waals surface area contributed by atoms with Crippen LogP contribution in [0.4, 0.5) is 4.79 Å². The van der Waals surface area contributed by atoms with Crippen LogP contribution in [0.2, 0.25) is 0 Å². The summed E-state index contributed by atoms with van der Waals surface area (Å²) in [5.74, 6) is -0.192. The minimum Gasteiger partial charge on any atom is -0.481 e. The van der Waals surface area contributed by atoms with Crippen molar-refractivity contribution in [1.29, 1.82) is 0 Å². The predicted octanol–water partition coefficient (Wildman–Crippen LogP) is 2.43. The normalized spacial score (nSPS) is 36.2. The van der Waals surface area contributed by atoms with E-state index in [1.165, 1.54) is 0 Å². The molecule has 5 heteroatoms. The van der Waals surface area contributed by atoms with Crippen LogP contribution in [0.5, 0.6) is 0 Å². The summed E-state index contributed by atoms with van der Waals surface area (Å²) < 4.78 is 5.25. The first-order valence-corrected chi connectivity index (χ1v) is 8.03. The highest BCUT2D eigenvalue weighted by atomic mass is 16.5. The summed E-state index contributed by atoms with van der Waals surface area (Å²) in [6.07, 6.45) is 4.65. The van der Waals surface area contributed by atoms with E-state index in [1.807, 2.05) is 36.4 Å². The van der Waals surface area contributed by atoms with Gasteiger partial charge in [0, 0.05) is 5.92 Å². The summed E-state index contributed by atoms with van der Waals surface area (Å²) in [5.41, 5.74) is 0.907. The van der Waals surface area contributed by atoms with Crippen molar-refractivity contribution in [2.24, 2.45) is 29.6 Å². The summed E-state index contributed by atoms with van der Waals surface area (Å²) in [6, 6.07) is 9.07. The van der Waals surface area contributed by atoms with E-state index in [9.17, 15) is 14.7 Å². The van der Waals surface area contributed by atoms with Crippen molar-refractivity contribution in [2.75, 3.05) is 0 Å². The average molecular weight is 313 g/mol. The van der Waals surface area contributed by atoms with Crippen molar-refractivity contribution < 1.29 is 19.4 Å². The molecular weight excluding hydrogens is 294 g/mol. The van der Waals surface area contributed by atoms with E-state index >= 15 is 0 Å². The van der Waals surface area contributed by atoms with Crippen LogP contribution in [0.15, 0.2) is 42.5 Å². The molecule has 0 spiro atoms. The first-order chi connectivity index (χ1) is 11.1. The van der Waals surface area contributed by atoms with Crippen LogP contribution < -0.4 is 5.32 Å². The molecule has 2 N–H and O–H groups in total. The minimum atomic E-state index is -0.831. The van der Waals surface area contributed by atoms with Crippen LogP contribution in [0.1, 0.15) is 12.0 Å². The van der Waals surface area contributed by atoms with Gasteiger partial charge in [0.2, 0.25) is 0 Å². The molecule has 0 saturated heterocycles. The third-order valence-corrected chi connectivity index (χ3v) is 5.43. The van der Waals surface area contributed by atoms with Gasteiger partial charge in [0.05, 0.1) is 12.0 Å². The Kier molecular flexibility index (Phi) is 3.36. The number of carbonyl (C=O) groups is 2. The van der Waals surface area contributed by atoms with Crippen LogP contribution >= 0.6 is 0 Å². The topological polar surface area (TPSA) is 75.6 Å². The van der Waals surface area contributed by atoms with Crippen LogP contribution in [-0.2, 0) is 16.1 Å². The quantitative estimate of drug-likeness (QED) is 0.837. The molecule has 1 amide bonds. The molecule has 0 aliphatic heterocycles. The monoisotopic (exact) mass is 313 g/mol. The zero-order valence-electron chi connectivity index (χ0n) is 12.6. The Balaban J connectivity index is 1.42. The SMILES string of the molecule is O=C(N[C@@H]1[C@@H]2C=C[C@@H]([C@H]3C[C@@H]23)[C@@H]1C(=O)O)OCc1ccccc1. The summed E-state index contributed by atoms with van der Waals surface area (Å²) in [6.45, 7) is 0.188. The van der Waals surface area contributed by atoms with Crippen molar-refractivity contribution in [3.05, 3.63) is 48.0 Å². The zero-order chi connectivity index (χ0) is 16.0. The van der Waals surface area contributed by atoms with E-state index in [0.29, 0.717) is 11.8 Å². The molecule has 4 aliphatic rings. The molecule has 2 bridgehead atoms. The number of benzene rings is 1. The van der Waals surface area contributed by atoms with Gasteiger partial charge in [-0.1, -0.05) is 42.5 Å². The highest BCUT2D eigenvalue weighted by molar-refractivity contribution is 5.75.